The Kier molecular flexibility index (Phi) is 4.31. The van der Waals surface area contributed by atoms with Crippen molar-refractivity contribution in [2.45, 2.75) is 25.0 Å². The van der Waals surface area contributed by atoms with Crippen molar-refractivity contribution in [1.82, 2.24) is 10.2 Å². The van der Waals surface area contributed by atoms with Crippen molar-refractivity contribution >= 4 is 23.0 Å². The minimum absolute atomic E-state index is 0.00739. The highest BCUT2D eigenvalue weighted by Crippen LogP contribution is 2.38. The number of amides is 1. The Morgan fingerprint density at radius 1 is 1.28 bits per heavy atom. The number of nitrogens with one attached hydrogen (secondary N) is 1. The van der Waals surface area contributed by atoms with Gasteiger partial charge < -0.3 is 10.1 Å². The van der Waals surface area contributed by atoms with E-state index < -0.39 is 5.60 Å². The molecule has 6 heteroatoms. The van der Waals surface area contributed by atoms with E-state index in [4.69, 9.17) is 4.74 Å². The van der Waals surface area contributed by atoms with Gasteiger partial charge in [-0.05, 0) is 23.6 Å². The maximum Gasteiger partial charge on any atom is 0.234 e. The minimum Gasteiger partial charge on any atom is -0.485 e. The molecule has 1 spiro atoms. The van der Waals surface area contributed by atoms with E-state index in [2.05, 4.69) is 10.2 Å². The van der Waals surface area contributed by atoms with Crippen molar-refractivity contribution in [2.75, 3.05) is 19.6 Å². The molecule has 25 heavy (non-hydrogen) atoms. The first kappa shape index (κ1) is 16.3. The van der Waals surface area contributed by atoms with Gasteiger partial charge in [-0.1, -0.05) is 18.2 Å². The highest BCUT2D eigenvalue weighted by Gasteiger charge is 2.45. The number of carbonyl (C=O) groups excluding carboxylic acids is 2. The highest BCUT2D eigenvalue weighted by atomic mass is 32.1. The van der Waals surface area contributed by atoms with Gasteiger partial charge in [0.05, 0.1) is 25.1 Å². The van der Waals surface area contributed by atoms with Crippen LogP contribution in [-0.2, 0) is 11.3 Å². The summed E-state index contributed by atoms with van der Waals surface area (Å²) in [7, 11) is 0. The summed E-state index contributed by atoms with van der Waals surface area (Å²) in [4.78, 5) is 27.8. The summed E-state index contributed by atoms with van der Waals surface area (Å²) in [5.74, 6) is 0.807. The summed E-state index contributed by atoms with van der Waals surface area (Å²) in [6.45, 7) is 2.28. The molecule has 0 radical (unpaired) electrons. The third kappa shape index (κ3) is 3.45. The van der Waals surface area contributed by atoms with Crippen molar-refractivity contribution in [3.05, 3.63) is 52.2 Å². The lowest BCUT2D eigenvalue weighted by atomic mass is 9.89. The topological polar surface area (TPSA) is 58.6 Å². The van der Waals surface area contributed by atoms with Gasteiger partial charge in [-0.25, -0.2) is 0 Å². The molecule has 1 fully saturated rings. The average molecular weight is 356 g/mol. The van der Waals surface area contributed by atoms with Crippen LogP contribution in [0.4, 0.5) is 0 Å². The van der Waals surface area contributed by atoms with Gasteiger partial charge in [0.1, 0.15) is 11.4 Å². The predicted octanol–water partition coefficient (Wildman–Crippen LogP) is 2.47. The predicted molar refractivity (Wildman–Crippen MR) is 96.0 cm³/mol. The number of para-hydroxylation sites is 1. The number of nitrogens with zero attached hydrogens (tertiary/aromatic N) is 1. The third-order valence-corrected chi connectivity index (χ3v) is 5.68. The number of likely N-dealkylation sites (tertiary alicyclic amines) is 1. The molecule has 1 N–H and O–H groups in total. The number of carbonyl (C=O) groups is 2. The van der Waals surface area contributed by atoms with Gasteiger partial charge in [0.2, 0.25) is 5.91 Å². The van der Waals surface area contributed by atoms with Gasteiger partial charge >= 0.3 is 0 Å². The number of hydrogen-bond acceptors (Lipinski definition) is 5. The highest BCUT2D eigenvalue weighted by molar-refractivity contribution is 7.09. The molecule has 2 aliphatic heterocycles. The van der Waals surface area contributed by atoms with E-state index in [0.29, 0.717) is 37.4 Å². The van der Waals surface area contributed by atoms with Gasteiger partial charge in [-0.3, -0.25) is 14.5 Å². The largest absolute Gasteiger partial charge is 0.485 e. The molecule has 5 nitrogen and oxygen atoms in total. The summed E-state index contributed by atoms with van der Waals surface area (Å²) in [5, 5.41) is 4.95. The number of benzene rings is 1. The fraction of sp³-hybridized carbons (Fsp3) is 0.368. The lowest BCUT2D eigenvalue weighted by Crippen LogP contribution is -2.45. The fourth-order valence-corrected chi connectivity index (χ4v) is 4.24. The standard InChI is InChI=1S/C19H20N2O3S/c22-16-10-19(24-17-6-2-1-5-15(16)17)7-8-21(13-19)12-18(23)20-11-14-4-3-9-25-14/h1-6,9H,7-8,10-13H2,(H,20,23). The molecule has 0 aliphatic carbocycles. The van der Waals surface area contributed by atoms with Crippen LogP contribution in [0.1, 0.15) is 28.1 Å². The molecular weight excluding hydrogens is 336 g/mol. The van der Waals surface area contributed by atoms with Crippen molar-refractivity contribution in [3.8, 4) is 5.75 Å². The van der Waals surface area contributed by atoms with Gasteiger partial charge in [0, 0.05) is 24.4 Å². The van der Waals surface area contributed by atoms with Crippen molar-refractivity contribution in [2.24, 2.45) is 0 Å². The molecule has 0 saturated carbocycles. The molecule has 4 rings (SSSR count). The molecule has 1 atom stereocenters. The number of Topliss-reactive ketones (excluding diaryl/α,β-unsaturated/α-hetero) is 1. The number of ketones is 1. The molecule has 2 aromatic rings. The zero-order chi connectivity index (χ0) is 17.3. The van der Waals surface area contributed by atoms with E-state index in [0.717, 1.165) is 17.8 Å². The lowest BCUT2D eigenvalue weighted by Gasteiger charge is -2.34. The van der Waals surface area contributed by atoms with Crippen LogP contribution >= 0.6 is 11.3 Å². The Labute approximate surface area is 150 Å². The van der Waals surface area contributed by atoms with Gasteiger partial charge in [-0.2, -0.15) is 0 Å². The third-order valence-electron chi connectivity index (χ3n) is 4.80. The Bertz CT molecular complexity index is 790. The van der Waals surface area contributed by atoms with Crippen molar-refractivity contribution in [3.63, 3.8) is 0 Å². The zero-order valence-corrected chi connectivity index (χ0v) is 14.7. The van der Waals surface area contributed by atoms with E-state index in [-0.39, 0.29) is 11.7 Å². The molecule has 3 heterocycles. The smallest absolute Gasteiger partial charge is 0.234 e. The SMILES string of the molecule is O=C(CN1CCC2(CC(=O)c3ccccc3O2)C1)NCc1cccs1. The second-order valence-corrected chi connectivity index (χ2v) is 7.73. The minimum atomic E-state index is -0.487. The van der Waals surface area contributed by atoms with Gasteiger partial charge in [0.25, 0.3) is 0 Å². The van der Waals surface area contributed by atoms with Gasteiger partial charge in [0.15, 0.2) is 5.78 Å². The van der Waals surface area contributed by atoms with Crippen LogP contribution in [0, 0.1) is 0 Å². The van der Waals surface area contributed by atoms with Crippen LogP contribution < -0.4 is 10.1 Å². The second kappa shape index (κ2) is 6.61. The Balaban J connectivity index is 1.35. The summed E-state index contributed by atoms with van der Waals surface area (Å²) in [6.07, 6.45) is 1.16. The first-order chi connectivity index (χ1) is 12.1. The molecular formula is C19H20N2O3S. The molecule has 1 amide bonds. The lowest BCUT2D eigenvalue weighted by molar-refractivity contribution is -0.122. The zero-order valence-electron chi connectivity index (χ0n) is 13.9. The van der Waals surface area contributed by atoms with E-state index in [9.17, 15) is 9.59 Å². The quantitative estimate of drug-likeness (QED) is 0.914. The number of hydrogen-bond donors (Lipinski definition) is 1. The Morgan fingerprint density at radius 2 is 2.16 bits per heavy atom. The average Bonchev–Trinajstić information content (AvgIpc) is 3.24. The normalized spacial score (nSPS) is 22.6. The Hall–Kier alpha value is -2.18. The van der Waals surface area contributed by atoms with Crippen LogP contribution in [0.15, 0.2) is 41.8 Å². The van der Waals surface area contributed by atoms with E-state index in [1.54, 1.807) is 11.3 Å². The summed E-state index contributed by atoms with van der Waals surface area (Å²) in [6, 6.07) is 11.4. The number of fused-ring (bicyclic) bond motifs is 1. The number of rotatable bonds is 4. The maximum absolute atomic E-state index is 12.4. The van der Waals surface area contributed by atoms with E-state index >= 15 is 0 Å². The van der Waals surface area contributed by atoms with Crippen LogP contribution in [0.25, 0.3) is 0 Å². The molecule has 1 unspecified atom stereocenters. The fourth-order valence-electron chi connectivity index (χ4n) is 3.59. The molecule has 0 bridgehead atoms. The second-order valence-electron chi connectivity index (χ2n) is 6.70. The molecule has 130 valence electrons. The van der Waals surface area contributed by atoms with Crippen LogP contribution in [0.2, 0.25) is 0 Å². The Morgan fingerprint density at radius 3 is 3.00 bits per heavy atom. The van der Waals surface area contributed by atoms with E-state index in [1.165, 1.54) is 0 Å². The van der Waals surface area contributed by atoms with Crippen LogP contribution in [0.3, 0.4) is 0 Å². The summed E-state index contributed by atoms with van der Waals surface area (Å²) >= 11 is 1.63. The molecule has 1 aromatic carbocycles. The number of ether oxygens (including phenoxy) is 1. The monoisotopic (exact) mass is 356 g/mol. The molecule has 1 saturated heterocycles. The van der Waals surface area contributed by atoms with Crippen LogP contribution in [0.5, 0.6) is 5.75 Å². The first-order valence-electron chi connectivity index (χ1n) is 8.46. The van der Waals surface area contributed by atoms with Crippen molar-refractivity contribution in [1.29, 1.82) is 0 Å². The van der Waals surface area contributed by atoms with Crippen LogP contribution in [-0.4, -0.2) is 41.8 Å². The van der Waals surface area contributed by atoms with Gasteiger partial charge in [-0.15, -0.1) is 11.3 Å². The first-order valence-corrected chi connectivity index (χ1v) is 9.34. The van der Waals surface area contributed by atoms with E-state index in [1.807, 2.05) is 41.8 Å². The number of thiophene rings is 1. The maximum atomic E-state index is 12.4. The molecule has 2 aliphatic rings. The summed E-state index contributed by atoms with van der Waals surface area (Å²) in [5.41, 5.74) is 0.180. The summed E-state index contributed by atoms with van der Waals surface area (Å²) < 4.78 is 6.19. The molecule has 1 aromatic heterocycles. The van der Waals surface area contributed by atoms with Crippen molar-refractivity contribution < 1.29 is 14.3 Å².